The Balaban J connectivity index is 1.32. The van der Waals surface area contributed by atoms with Crippen molar-refractivity contribution >= 4 is 29.3 Å². The molecule has 0 aromatic heterocycles. The third kappa shape index (κ3) is 4.46. The molecule has 3 amide bonds. The van der Waals surface area contributed by atoms with Gasteiger partial charge in [0.1, 0.15) is 22.8 Å². The van der Waals surface area contributed by atoms with Crippen molar-refractivity contribution in [2.45, 2.75) is 62.4 Å². The molecule has 2 unspecified atom stereocenters. The zero-order chi connectivity index (χ0) is 22.2. The number of rotatable bonds is 6. The molecular formula is C20H24ClFN4O5. The van der Waals surface area contributed by atoms with Gasteiger partial charge in [0.05, 0.1) is 5.02 Å². The van der Waals surface area contributed by atoms with Crippen molar-refractivity contribution in [1.82, 2.24) is 21.4 Å². The topological polar surface area (TPSA) is 118 Å². The van der Waals surface area contributed by atoms with E-state index < -0.39 is 29.0 Å². The summed E-state index contributed by atoms with van der Waals surface area (Å²) in [6.45, 7) is 1.54. The Morgan fingerprint density at radius 2 is 2.03 bits per heavy atom. The van der Waals surface area contributed by atoms with Crippen LogP contribution in [0.2, 0.25) is 5.02 Å². The largest absolute Gasteiger partial charge is 0.484 e. The molecular weight excluding hydrogens is 431 g/mol. The number of nitrogens with one attached hydrogen (secondary N) is 4. The maximum Gasteiger partial charge on any atom is 0.258 e. The molecule has 4 aliphatic rings. The second kappa shape index (κ2) is 8.25. The minimum atomic E-state index is -1.06. The van der Waals surface area contributed by atoms with Crippen LogP contribution in [0.4, 0.5) is 4.39 Å². The summed E-state index contributed by atoms with van der Waals surface area (Å²) in [6, 6.07) is 3.95. The van der Waals surface area contributed by atoms with Crippen molar-refractivity contribution in [2.75, 3.05) is 6.61 Å². The van der Waals surface area contributed by atoms with Crippen LogP contribution in [0, 0.1) is 5.82 Å². The second-order valence-electron chi connectivity index (χ2n) is 8.38. The van der Waals surface area contributed by atoms with Gasteiger partial charge in [-0.2, -0.15) is 5.48 Å². The van der Waals surface area contributed by atoms with Gasteiger partial charge in [0.2, 0.25) is 5.91 Å². The summed E-state index contributed by atoms with van der Waals surface area (Å²) in [5.74, 6) is -1.62. The van der Waals surface area contributed by atoms with Crippen LogP contribution in [0.3, 0.4) is 0 Å². The molecule has 3 saturated heterocycles. The van der Waals surface area contributed by atoms with Gasteiger partial charge in [0.25, 0.3) is 11.8 Å². The van der Waals surface area contributed by atoms with Gasteiger partial charge in [-0.25, -0.2) is 4.39 Å². The number of hydrogen-bond donors (Lipinski definition) is 4. The van der Waals surface area contributed by atoms with Crippen molar-refractivity contribution in [3.8, 4) is 5.75 Å². The highest BCUT2D eigenvalue weighted by Crippen LogP contribution is 2.39. The summed E-state index contributed by atoms with van der Waals surface area (Å²) in [5, 5.41) is 8.49. The average molecular weight is 455 g/mol. The first kappa shape index (κ1) is 21.8. The van der Waals surface area contributed by atoms with Crippen LogP contribution in [0.5, 0.6) is 5.75 Å². The normalized spacial score (nSPS) is 31.8. The van der Waals surface area contributed by atoms with E-state index in [0.29, 0.717) is 32.1 Å². The Hall–Kier alpha value is -2.43. The van der Waals surface area contributed by atoms with Crippen molar-refractivity contribution in [3.63, 3.8) is 0 Å². The molecule has 4 fully saturated rings. The summed E-state index contributed by atoms with van der Waals surface area (Å²) < 4.78 is 18.8. The fourth-order valence-electron chi connectivity index (χ4n) is 4.24. The highest BCUT2D eigenvalue weighted by molar-refractivity contribution is 6.30. The van der Waals surface area contributed by atoms with E-state index in [2.05, 4.69) is 21.4 Å². The smallest absolute Gasteiger partial charge is 0.258 e. The lowest BCUT2D eigenvalue weighted by molar-refractivity contribution is -0.149. The first-order valence-corrected chi connectivity index (χ1v) is 10.5. The lowest BCUT2D eigenvalue weighted by atomic mass is 9.70. The summed E-state index contributed by atoms with van der Waals surface area (Å²) in [6.07, 6.45) is 1.64. The molecule has 1 saturated carbocycles. The summed E-state index contributed by atoms with van der Waals surface area (Å²) in [4.78, 5) is 43.0. The molecule has 1 aliphatic carbocycles. The standard InChI is InChI=1S/C20H24ClFN4O5/c1-11-8-15(31-26-11)17(28)24-20-6-4-19(5-7-20,18(29)25-20)23-16(27)10-30-12-2-3-13(21)14(22)9-12/h2-3,9,11,15,26H,4-8,10H2,1H3,(H,23,27)(H,24,28)(H,25,29). The van der Waals surface area contributed by atoms with Crippen LogP contribution in [-0.4, -0.2) is 47.7 Å². The molecule has 1 aromatic rings. The Bertz CT molecular complexity index is 906. The summed E-state index contributed by atoms with van der Waals surface area (Å²) in [7, 11) is 0. The lowest BCUT2D eigenvalue weighted by Crippen LogP contribution is -2.77. The minimum absolute atomic E-state index is 0.0439. The fourth-order valence-corrected chi connectivity index (χ4v) is 4.36. The van der Waals surface area contributed by atoms with Gasteiger partial charge in [0, 0.05) is 18.5 Å². The first-order valence-electron chi connectivity index (χ1n) is 10.1. The lowest BCUT2D eigenvalue weighted by Gasteiger charge is -2.53. The monoisotopic (exact) mass is 454 g/mol. The molecule has 1 aromatic carbocycles. The van der Waals surface area contributed by atoms with Crippen LogP contribution < -0.4 is 26.2 Å². The van der Waals surface area contributed by atoms with E-state index in [4.69, 9.17) is 21.2 Å². The Morgan fingerprint density at radius 3 is 2.65 bits per heavy atom. The average Bonchev–Trinajstić information content (AvgIpc) is 3.17. The van der Waals surface area contributed by atoms with Crippen LogP contribution in [-0.2, 0) is 19.2 Å². The molecule has 0 radical (unpaired) electrons. The van der Waals surface area contributed by atoms with Gasteiger partial charge >= 0.3 is 0 Å². The fraction of sp³-hybridized carbons (Fsp3) is 0.550. The van der Waals surface area contributed by atoms with E-state index in [1.807, 2.05) is 6.92 Å². The Morgan fingerprint density at radius 1 is 1.29 bits per heavy atom. The first-order chi connectivity index (χ1) is 14.7. The predicted octanol–water partition coefficient (Wildman–Crippen LogP) is 0.911. The van der Waals surface area contributed by atoms with Crippen LogP contribution in [0.1, 0.15) is 39.0 Å². The molecule has 4 N–H and O–H groups in total. The van der Waals surface area contributed by atoms with Gasteiger partial charge in [-0.15, -0.1) is 0 Å². The van der Waals surface area contributed by atoms with Crippen LogP contribution in [0.15, 0.2) is 18.2 Å². The number of piperidine rings is 2. The van der Waals surface area contributed by atoms with Gasteiger partial charge in [0.15, 0.2) is 12.7 Å². The van der Waals surface area contributed by atoms with Crippen LogP contribution in [0.25, 0.3) is 0 Å². The molecule has 5 rings (SSSR count). The van der Waals surface area contributed by atoms with E-state index in [9.17, 15) is 18.8 Å². The van der Waals surface area contributed by atoms with Gasteiger partial charge in [-0.05, 0) is 44.7 Å². The number of fused-ring (bicyclic) bond motifs is 3. The number of carbonyl (C=O) groups is 3. The molecule has 11 heteroatoms. The molecule has 2 atom stereocenters. The van der Waals surface area contributed by atoms with Gasteiger partial charge in [-0.3, -0.25) is 19.2 Å². The number of halogens is 2. The zero-order valence-corrected chi connectivity index (χ0v) is 17.7. The second-order valence-corrected chi connectivity index (χ2v) is 8.79. The third-order valence-electron chi connectivity index (χ3n) is 6.02. The number of carbonyl (C=O) groups excluding carboxylic acids is 3. The van der Waals surface area contributed by atoms with E-state index in [0.717, 1.165) is 6.07 Å². The van der Waals surface area contributed by atoms with E-state index in [-0.39, 0.29) is 35.2 Å². The number of hydrogen-bond acceptors (Lipinski definition) is 6. The quantitative estimate of drug-likeness (QED) is 0.507. The number of benzene rings is 1. The number of amides is 3. The van der Waals surface area contributed by atoms with Crippen molar-refractivity contribution < 1.29 is 28.3 Å². The molecule has 31 heavy (non-hydrogen) atoms. The molecule has 3 heterocycles. The number of hydroxylamine groups is 1. The SMILES string of the molecule is CC1CC(C(=O)NC23CCC(NC(=O)COc4ccc(Cl)c(F)c4)(CC2)C(=O)N3)ON1. The zero-order valence-electron chi connectivity index (χ0n) is 16.9. The maximum absolute atomic E-state index is 13.5. The third-order valence-corrected chi connectivity index (χ3v) is 6.32. The highest BCUT2D eigenvalue weighted by atomic mass is 35.5. The van der Waals surface area contributed by atoms with E-state index in [1.54, 1.807) is 0 Å². The molecule has 9 nitrogen and oxygen atoms in total. The van der Waals surface area contributed by atoms with Crippen LogP contribution >= 0.6 is 11.6 Å². The molecule has 3 aliphatic heterocycles. The van der Waals surface area contributed by atoms with Crippen molar-refractivity contribution in [3.05, 3.63) is 29.0 Å². The number of ether oxygens (including phenoxy) is 1. The predicted molar refractivity (Wildman–Crippen MR) is 107 cm³/mol. The summed E-state index contributed by atoms with van der Waals surface area (Å²) >= 11 is 5.63. The molecule has 168 valence electrons. The van der Waals surface area contributed by atoms with E-state index in [1.165, 1.54) is 12.1 Å². The highest BCUT2D eigenvalue weighted by Gasteiger charge is 2.56. The Labute approximate surface area is 183 Å². The Kier molecular flexibility index (Phi) is 5.80. The molecule has 0 spiro atoms. The van der Waals surface area contributed by atoms with Gasteiger partial charge in [-0.1, -0.05) is 11.6 Å². The van der Waals surface area contributed by atoms with Gasteiger partial charge < -0.3 is 20.7 Å². The molecule has 2 bridgehead atoms. The van der Waals surface area contributed by atoms with E-state index >= 15 is 0 Å². The van der Waals surface area contributed by atoms with Crippen molar-refractivity contribution in [2.24, 2.45) is 0 Å². The summed E-state index contributed by atoms with van der Waals surface area (Å²) in [5.41, 5.74) is 0.862. The van der Waals surface area contributed by atoms with Crippen molar-refractivity contribution in [1.29, 1.82) is 0 Å². The maximum atomic E-state index is 13.5. The minimum Gasteiger partial charge on any atom is -0.484 e.